The molecule has 5 rings (SSSR count). The van der Waals surface area contributed by atoms with Gasteiger partial charge in [0.1, 0.15) is 73.8 Å². The molecule has 0 radical (unpaired) electrons. The topological polar surface area (TPSA) is 270 Å². The van der Waals surface area contributed by atoms with Crippen molar-refractivity contribution in [3.05, 3.63) is 119 Å². The van der Waals surface area contributed by atoms with E-state index in [-0.39, 0.29) is 67.3 Å². The van der Waals surface area contributed by atoms with Crippen LogP contribution in [0.25, 0.3) is 0 Å². The van der Waals surface area contributed by atoms with Gasteiger partial charge < -0.3 is 48.8 Å². The summed E-state index contributed by atoms with van der Waals surface area (Å²) in [5.41, 5.74) is -15.1. The fourth-order valence-corrected chi connectivity index (χ4v) is 18.4. The standard InChI is InChI=1S/C24H33ClO5.C21H25ClO4.C3H8O.3CHF3O3S.Bi/c1-17(2)28-15-21(27)16-30-23-11-7-19(8-12-23)24(3,4)18-5-9-22(10-6-18)29-14-20(26)13-25;1-21(2,15-3-7-18(8-4-15)24-12-17(23)11-22)16-5-9-19(10-6-16)25-13-20-14-26-20;1-3(2)4;3*2-1(3,4)8(5,6)7;/h5-12,17,20-21,26-27H,13-16H2,1-4H3;3-10,17,20,23H,11-14H2,1-2H3;3-4H,1-2H3;3*(H,5,6,7);/q;;;;;;+3/p-3. The Bertz CT molecular complexity index is 2830. The van der Waals surface area contributed by atoms with Gasteiger partial charge in [0.05, 0.1) is 31.1 Å². The number of rotatable bonds is 27. The quantitative estimate of drug-likeness (QED) is 0.0143. The first-order valence-corrected chi connectivity index (χ1v) is 34.4. The molecule has 0 spiro atoms. The van der Waals surface area contributed by atoms with E-state index in [1.54, 1.807) is 13.8 Å². The zero-order valence-corrected chi connectivity index (χ0v) is 54.0. The number of alkyl halides is 11. The Labute approximate surface area is 507 Å². The molecule has 85 heavy (non-hydrogen) atoms. The van der Waals surface area contributed by atoms with Gasteiger partial charge in [-0.25, -0.2) is 0 Å². The molecule has 4 unspecified atom stereocenters. The van der Waals surface area contributed by atoms with Gasteiger partial charge >= 0.3 is 141 Å². The molecule has 4 N–H and O–H groups in total. The van der Waals surface area contributed by atoms with Crippen LogP contribution < -0.4 is 18.9 Å². The van der Waals surface area contributed by atoms with Crippen molar-refractivity contribution in [3.63, 3.8) is 0 Å². The van der Waals surface area contributed by atoms with E-state index in [4.69, 9.17) is 56.7 Å². The van der Waals surface area contributed by atoms with E-state index >= 15 is 0 Å². The Kier molecular flexibility index (Phi) is 30.8. The summed E-state index contributed by atoms with van der Waals surface area (Å²) >= 11 is 4.05. The Morgan fingerprint density at radius 2 is 0.729 bits per heavy atom. The third-order valence-electron chi connectivity index (χ3n) is 10.8. The molecule has 0 saturated carbocycles. The number of aliphatic hydroxyl groups excluding tert-OH is 4. The van der Waals surface area contributed by atoms with E-state index in [9.17, 15) is 80.1 Å². The Hall–Kier alpha value is -3.60. The fourth-order valence-electron chi connectivity index (χ4n) is 5.98. The van der Waals surface area contributed by atoms with E-state index in [0.29, 0.717) is 18.1 Å². The molecule has 484 valence electrons. The molecule has 4 aromatic carbocycles. The predicted molar refractivity (Wildman–Crippen MR) is 294 cm³/mol. The van der Waals surface area contributed by atoms with E-state index in [1.165, 1.54) is 11.1 Å². The van der Waals surface area contributed by atoms with Crippen molar-refractivity contribution in [3.8, 4) is 23.0 Å². The van der Waals surface area contributed by atoms with E-state index in [1.807, 2.05) is 86.6 Å². The van der Waals surface area contributed by atoms with Gasteiger partial charge in [-0.05, 0) is 98.5 Å². The molecular formula is C51H66BiCl2F9O19S3. The van der Waals surface area contributed by atoms with Crippen molar-refractivity contribution in [2.24, 2.45) is 0 Å². The van der Waals surface area contributed by atoms with Crippen LogP contribution in [0.1, 0.15) is 77.6 Å². The summed E-state index contributed by atoms with van der Waals surface area (Å²) in [4.78, 5) is 0. The average Bonchev–Trinajstić information content (AvgIpc) is 3.13. The molecule has 0 aliphatic carbocycles. The Morgan fingerprint density at radius 1 is 0.482 bits per heavy atom. The van der Waals surface area contributed by atoms with E-state index in [0.717, 1.165) is 29.2 Å². The molecule has 4 aromatic rings. The third kappa shape index (κ3) is 27.4. The summed E-state index contributed by atoms with van der Waals surface area (Å²) in [5.74, 6) is 3.30. The summed E-state index contributed by atoms with van der Waals surface area (Å²) < 4.78 is 212. The van der Waals surface area contributed by atoms with Gasteiger partial charge in [0.15, 0.2) is 0 Å². The number of halogens is 11. The van der Waals surface area contributed by atoms with Crippen molar-refractivity contribution in [2.45, 2.75) is 119 Å². The maximum atomic E-state index is 12.0. The van der Waals surface area contributed by atoms with Crippen LogP contribution in [0.15, 0.2) is 97.1 Å². The molecule has 1 aliphatic rings. The maximum absolute atomic E-state index is 12.0. The van der Waals surface area contributed by atoms with Gasteiger partial charge in [0, 0.05) is 16.9 Å². The molecule has 1 aliphatic heterocycles. The van der Waals surface area contributed by atoms with Gasteiger partial charge in [-0.3, -0.25) is 0 Å². The normalized spacial score (nSPS) is 15.3. The second-order valence-electron chi connectivity index (χ2n) is 19.4. The number of ether oxygens (including phenoxy) is 6. The monoisotopic (exact) mass is 1530 g/mol. The van der Waals surface area contributed by atoms with Gasteiger partial charge in [0.25, 0.3) is 0 Å². The molecule has 0 bridgehead atoms. The van der Waals surface area contributed by atoms with Crippen LogP contribution in [-0.2, 0) is 57.4 Å². The van der Waals surface area contributed by atoms with Gasteiger partial charge in [-0.15, -0.1) is 23.2 Å². The van der Waals surface area contributed by atoms with Crippen molar-refractivity contribution >= 4 is 76.6 Å². The zero-order valence-electron chi connectivity index (χ0n) is 46.6. The van der Waals surface area contributed by atoms with Crippen LogP contribution in [-0.4, -0.2) is 173 Å². The molecule has 1 fully saturated rings. The summed E-state index contributed by atoms with van der Waals surface area (Å²) in [6, 6.07) is 31.9. The molecule has 19 nitrogen and oxygen atoms in total. The number of hydrogen-bond donors (Lipinski definition) is 4. The predicted octanol–water partition coefficient (Wildman–Crippen LogP) is 8.88. The molecular weight excluding hydrogens is 1460 g/mol. The molecule has 0 amide bonds. The van der Waals surface area contributed by atoms with Crippen LogP contribution >= 0.6 is 23.2 Å². The van der Waals surface area contributed by atoms with Crippen molar-refractivity contribution in [2.75, 3.05) is 51.4 Å². The van der Waals surface area contributed by atoms with Gasteiger partial charge in [0.2, 0.25) is 0 Å². The van der Waals surface area contributed by atoms with Crippen molar-refractivity contribution in [1.29, 1.82) is 0 Å². The molecule has 1 heterocycles. The minimum atomic E-state index is -7.11. The molecule has 0 aromatic heterocycles. The summed E-state index contributed by atoms with van der Waals surface area (Å²) in [5, 5.41) is 36.9. The van der Waals surface area contributed by atoms with Crippen LogP contribution in [0.3, 0.4) is 0 Å². The number of benzene rings is 4. The van der Waals surface area contributed by atoms with Crippen LogP contribution in [0, 0.1) is 0 Å². The number of aliphatic hydroxyl groups is 4. The van der Waals surface area contributed by atoms with Crippen LogP contribution in [0.5, 0.6) is 23.0 Å². The van der Waals surface area contributed by atoms with Crippen molar-refractivity contribution in [1.82, 2.24) is 0 Å². The average molecular weight is 1530 g/mol. The summed E-state index contributed by atoms with van der Waals surface area (Å²) in [6.07, 6.45) is -1.81. The van der Waals surface area contributed by atoms with Crippen LogP contribution in [0.4, 0.5) is 39.5 Å². The van der Waals surface area contributed by atoms with E-state index < -0.39 is 88.3 Å². The number of hydrogen-bond acceptors (Lipinski definition) is 19. The summed E-state index contributed by atoms with van der Waals surface area (Å²) in [7, 11) is -21.2. The van der Waals surface area contributed by atoms with Crippen LogP contribution in [0.2, 0.25) is 0 Å². The Balaban J connectivity index is 0.000000423. The van der Waals surface area contributed by atoms with Crippen molar-refractivity contribution < 1.29 is 120 Å². The summed E-state index contributed by atoms with van der Waals surface area (Å²) in [6.45, 7) is 18.2. The number of epoxide rings is 1. The first-order valence-electron chi connectivity index (χ1n) is 24.8. The minimum absolute atomic E-state index is 0.0824. The molecule has 4 atom stereocenters. The Morgan fingerprint density at radius 3 is 0.953 bits per heavy atom. The third-order valence-corrected chi connectivity index (χ3v) is 25.3. The SMILES string of the molecule is CC(C)(c1ccc(OCC(O)CCl)cc1)c1ccc(OCC2CO2)cc1.CC(C)O.CC(C)OCC(O)COc1ccc(C(C)(C)c2ccc(OCC(O)CCl)cc2)cc1.O=S(=O)([O][Bi]([O]S(=O)(=O)C(F)(F)F)[O]S(=O)(=O)C(F)(F)F)C(F)(F)F. The van der Waals surface area contributed by atoms with E-state index in [2.05, 4.69) is 58.7 Å². The molecule has 34 heteroatoms. The van der Waals surface area contributed by atoms with Gasteiger partial charge in [-0.2, -0.15) is 0 Å². The zero-order chi connectivity index (χ0) is 65.0. The first kappa shape index (κ1) is 77.5. The fraction of sp³-hybridized carbons (Fsp3) is 0.529. The van der Waals surface area contributed by atoms with Gasteiger partial charge in [-0.1, -0.05) is 76.2 Å². The molecule has 1 saturated heterocycles. The second kappa shape index (κ2) is 33.8. The second-order valence-corrected chi connectivity index (χ2v) is 31.6. The first-order chi connectivity index (χ1) is 39.0.